The van der Waals surface area contributed by atoms with Gasteiger partial charge in [0, 0.05) is 19.6 Å². The normalized spacial score (nSPS) is 15.1. The van der Waals surface area contributed by atoms with Crippen molar-refractivity contribution in [3.63, 3.8) is 0 Å². The van der Waals surface area contributed by atoms with Crippen LogP contribution in [0.4, 0.5) is 0 Å². The summed E-state index contributed by atoms with van der Waals surface area (Å²) in [6.07, 6.45) is 0.540. The van der Waals surface area contributed by atoms with E-state index in [1.165, 1.54) is 11.1 Å². The first-order valence-electron chi connectivity index (χ1n) is 9.53. The first-order chi connectivity index (χ1) is 13.3. The minimum absolute atomic E-state index is 0.302. The van der Waals surface area contributed by atoms with E-state index in [2.05, 4.69) is 47.4 Å². The van der Waals surface area contributed by atoms with Gasteiger partial charge in [0.15, 0.2) is 0 Å². The Bertz CT molecular complexity index is 878. The monoisotopic (exact) mass is 359 g/mol. The van der Waals surface area contributed by atoms with Crippen LogP contribution in [0.15, 0.2) is 78.9 Å². The number of fused-ring (bicyclic) bond motifs is 1. The quantitative estimate of drug-likeness (QED) is 0.718. The average Bonchev–Trinajstić information content (AvgIpc) is 2.73. The van der Waals surface area contributed by atoms with Crippen LogP contribution in [0.3, 0.4) is 0 Å². The van der Waals surface area contributed by atoms with Crippen molar-refractivity contribution in [1.29, 1.82) is 0 Å². The van der Waals surface area contributed by atoms with Gasteiger partial charge in [0.2, 0.25) is 0 Å². The summed E-state index contributed by atoms with van der Waals surface area (Å²) < 4.78 is 5.86. The van der Waals surface area contributed by atoms with Crippen LogP contribution >= 0.6 is 0 Å². The molecule has 1 aliphatic rings. The Morgan fingerprint density at radius 2 is 1.59 bits per heavy atom. The van der Waals surface area contributed by atoms with E-state index in [-0.39, 0.29) is 0 Å². The molecule has 3 aromatic carbocycles. The molecule has 3 nitrogen and oxygen atoms in total. The van der Waals surface area contributed by atoms with Crippen molar-refractivity contribution >= 4 is 0 Å². The highest BCUT2D eigenvalue weighted by atomic mass is 16.5. The van der Waals surface area contributed by atoms with Gasteiger partial charge in [-0.15, -0.1) is 0 Å². The summed E-state index contributed by atoms with van der Waals surface area (Å²) in [6, 6.07) is 26.8. The van der Waals surface area contributed by atoms with E-state index < -0.39 is 6.10 Å². The Morgan fingerprint density at radius 3 is 2.44 bits per heavy atom. The first kappa shape index (κ1) is 17.8. The maximum Gasteiger partial charge on any atom is 0.120 e. The van der Waals surface area contributed by atoms with Crippen LogP contribution in [0.2, 0.25) is 0 Å². The van der Waals surface area contributed by atoms with Gasteiger partial charge in [-0.2, -0.15) is 0 Å². The van der Waals surface area contributed by atoms with Crippen LogP contribution in [-0.4, -0.2) is 35.8 Å². The molecule has 3 aromatic rings. The van der Waals surface area contributed by atoms with Crippen molar-refractivity contribution in [2.45, 2.75) is 19.1 Å². The predicted molar refractivity (Wildman–Crippen MR) is 109 cm³/mol. The number of aliphatic hydroxyl groups excluding tert-OH is 1. The fourth-order valence-corrected chi connectivity index (χ4v) is 3.65. The van der Waals surface area contributed by atoms with Gasteiger partial charge in [-0.05, 0) is 40.8 Å². The lowest BCUT2D eigenvalue weighted by atomic mass is 10.00. The predicted octanol–water partition coefficient (Wildman–Crippen LogP) is 4.15. The van der Waals surface area contributed by atoms with Gasteiger partial charge in [0.1, 0.15) is 18.5 Å². The van der Waals surface area contributed by atoms with Crippen LogP contribution in [-0.2, 0) is 13.0 Å². The zero-order chi connectivity index (χ0) is 18.5. The highest BCUT2D eigenvalue weighted by Gasteiger charge is 2.18. The summed E-state index contributed by atoms with van der Waals surface area (Å²) in [6.45, 7) is 2.82. The maximum atomic E-state index is 10.4. The van der Waals surface area contributed by atoms with Crippen molar-refractivity contribution < 1.29 is 9.84 Å². The molecule has 0 saturated carbocycles. The lowest BCUT2D eigenvalue weighted by Gasteiger charge is -2.30. The van der Waals surface area contributed by atoms with E-state index in [1.54, 1.807) is 0 Å². The zero-order valence-electron chi connectivity index (χ0n) is 15.4. The van der Waals surface area contributed by atoms with Gasteiger partial charge in [-0.1, -0.05) is 66.7 Å². The third kappa shape index (κ3) is 4.57. The molecule has 1 aliphatic heterocycles. The molecule has 0 aromatic heterocycles. The van der Waals surface area contributed by atoms with Crippen molar-refractivity contribution in [1.82, 2.24) is 4.90 Å². The third-order valence-electron chi connectivity index (χ3n) is 5.06. The number of ether oxygens (including phenoxy) is 1. The number of aliphatic hydroxyl groups is 1. The highest BCUT2D eigenvalue weighted by molar-refractivity contribution is 5.64. The molecule has 0 bridgehead atoms. The largest absolute Gasteiger partial charge is 0.491 e. The molecule has 0 fully saturated rings. The second-order valence-electron chi connectivity index (χ2n) is 7.11. The lowest BCUT2D eigenvalue weighted by Crippen LogP contribution is -2.38. The third-order valence-corrected chi connectivity index (χ3v) is 5.06. The average molecular weight is 359 g/mol. The van der Waals surface area contributed by atoms with Crippen molar-refractivity contribution in [2.24, 2.45) is 0 Å². The van der Waals surface area contributed by atoms with Crippen LogP contribution in [0.25, 0.3) is 11.1 Å². The molecule has 1 unspecified atom stereocenters. The summed E-state index contributed by atoms with van der Waals surface area (Å²) >= 11 is 0. The molecule has 3 heteroatoms. The lowest BCUT2D eigenvalue weighted by molar-refractivity contribution is 0.0638. The fourth-order valence-electron chi connectivity index (χ4n) is 3.65. The number of rotatable bonds is 6. The van der Waals surface area contributed by atoms with E-state index >= 15 is 0 Å². The van der Waals surface area contributed by atoms with E-state index in [0.29, 0.717) is 13.2 Å². The van der Waals surface area contributed by atoms with Gasteiger partial charge in [-0.25, -0.2) is 0 Å². The molecule has 1 heterocycles. The number of hydrogen-bond acceptors (Lipinski definition) is 3. The van der Waals surface area contributed by atoms with E-state index in [4.69, 9.17) is 4.74 Å². The van der Waals surface area contributed by atoms with Crippen LogP contribution in [0.5, 0.6) is 5.75 Å². The maximum absolute atomic E-state index is 10.4. The minimum atomic E-state index is -0.504. The molecule has 27 heavy (non-hydrogen) atoms. The second kappa shape index (κ2) is 8.38. The summed E-state index contributed by atoms with van der Waals surface area (Å²) in [7, 11) is 0. The Labute approximate surface area is 160 Å². The van der Waals surface area contributed by atoms with Crippen LogP contribution in [0, 0.1) is 0 Å². The van der Waals surface area contributed by atoms with Gasteiger partial charge in [-0.3, -0.25) is 4.90 Å². The molecule has 0 aliphatic carbocycles. The molecule has 1 N–H and O–H groups in total. The van der Waals surface area contributed by atoms with Gasteiger partial charge in [0.25, 0.3) is 0 Å². The summed E-state index contributed by atoms with van der Waals surface area (Å²) in [4.78, 5) is 2.30. The molecule has 4 rings (SSSR count). The number of benzene rings is 3. The fraction of sp³-hybridized carbons (Fsp3) is 0.250. The van der Waals surface area contributed by atoms with Gasteiger partial charge in [0.05, 0.1) is 0 Å². The Hall–Kier alpha value is -2.62. The Kier molecular flexibility index (Phi) is 5.52. The standard InChI is InChI=1S/C24H25NO2/c26-23(17-25-14-13-20-9-4-5-10-22(20)16-25)18-27-24-12-6-11-21(15-24)19-7-2-1-3-8-19/h1-12,15,23,26H,13-14,16-18H2. The highest BCUT2D eigenvalue weighted by Crippen LogP contribution is 2.24. The summed E-state index contributed by atoms with van der Waals surface area (Å²) in [5, 5.41) is 10.4. The molecule has 0 radical (unpaired) electrons. The SMILES string of the molecule is OC(COc1cccc(-c2ccccc2)c1)CN1CCc2ccccc2C1. The smallest absolute Gasteiger partial charge is 0.120 e. The van der Waals surface area contributed by atoms with Crippen molar-refractivity contribution in [3.05, 3.63) is 90.0 Å². The second-order valence-corrected chi connectivity index (χ2v) is 7.11. The molecule has 138 valence electrons. The van der Waals surface area contributed by atoms with E-state index in [9.17, 15) is 5.11 Å². The van der Waals surface area contributed by atoms with Crippen LogP contribution < -0.4 is 4.74 Å². The molecule has 0 amide bonds. The van der Waals surface area contributed by atoms with Crippen LogP contribution in [0.1, 0.15) is 11.1 Å². The molecule has 0 spiro atoms. The number of nitrogens with zero attached hydrogens (tertiary/aromatic N) is 1. The van der Waals surface area contributed by atoms with Crippen molar-refractivity contribution in [2.75, 3.05) is 19.7 Å². The number of β-amino-alcohol motifs (C(OH)–C–C–N with tert-alkyl or cyclic N) is 1. The van der Waals surface area contributed by atoms with E-state index in [0.717, 1.165) is 36.4 Å². The Balaban J connectivity index is 1.32. The summed E-state index contributed by atoms with van der Waals surface area (Å²) in [5.41, 5.74) is 5.08. The molecular formula is C24H25NO2. The van der Waals surface area contributed by atoms with Crippen molar-refractivity contribution in [3.8, 4) is 16.9 Å². The summed E-state index contributed by atoms with van der Waals surface area (Å²) in [5.74, 6) is 0.791. The topological polar surface area (TPSA) is 32.7 Å². The minimum Gasteiger partial charge on any atom is -0.491 e. The molecular weight excluding hydrogens is 334 g/mol. The first-order valence-corrected chi connectivity index (χ1v) is 9.53. The van der Waals surface area contributed by atoms with E-state index in [1.807, 2.05) is 36.4 Å². The van der Waals surface area contributed by atoms with Gasteiger partial charge >= 0.3 is 0 Å². The molecule has 1 atom stereocenters. The zero-order valence-corrected chi connectivity index (χ0v) is 15.4. The Morgan fingerprint density at radius 1 is 0.852 bits per heavy atom. The van der Waals surface area contributed by atoms with Gasteiger partial charge < -0.3 is 9.84 Å². The molecule has 0 saturated heterocycles. The number of hydrogen-bond donors (Lipinski definition) is 1.